The summed E-state index contributed by atoms with van der Waals surface area (Å²) < 4.78 is 29.5. The fraction of sp³-hybridized carbons (Fsp3) is 0.0588. The Labute approximate surface area is 148 Å². The van der Waals surface area contributed by atoms with Crippen LogP contribution in [0.2, 0.25) is 0 Å². The van der Waals surface area contributed by atoms with Crippen LogP contribution in [0.15, 0.2) is 71.8 Å². The maximum absolute atomic E-state index is 12.3. The zero-order valence-corrected chi connectivity index (χ0v) is 14.5. The van der Waals surface area contributed by atoms with Crippen molar-refractivity contribution in [2.75, 3.05) is 0 Å². The van der Waals surface area contributed by atoms with Crippen LogP contribution in [0.4, 0.5) is 0 Å². The molecule has 0 aliphatic carbocycles. The van der Waals surface area contributed by atoms with Crippen LogP contribution in [0.1, 0.15) is 9.78 Å². The minimum absolute atomic E-state index is 0. The predicted molar refractivity (Wildman–Crippen MR) is 92.5 cm³/mol. The van der Waals surface area contributed by atoms with Crippen molar-refractivity contribution < 1.29 is 15.5 Å². The molecule has 0 fully saturated rings. The zero-order chi connectivity index (χ0) is 15.0. The molecule has 0 radical (unpaired) electrons. The average Bonchev–Trinajstić information content (AvgIpc) is 2.43. The first-order valence-electron chi connectivity index (χ1n) is 6.49. The van der Waals surface area contributed by atoms with Gasteiger partial charge in [-0.05, 0) is 41.3 Å². The summed E-state index contributed by atoms with van der Waals surface area (Å²) in [5, 5.41) is 3.57. The van der Waals surface area contributed by atoms with Crippen molar-refractivity contribution in [1.82, 2.24) is 0 Å². The molecule has 0 spiro atoms. The van der Waals surface area contributed by atoms with Crippen molar-refractivity contribution in [3.63, 3.8) is 0 Å². The number of benzene rings is 3. The summed E-state index contributed by atoms with van der Waals surface area (Å²) in [7, 11) is -3.85. The molecule has 0 aliphatic rings. The number of rotatable bonds is 3. The van der Waals surface area contributed by atoms with Crippen LogP contribution in [-0.4, -0.2) is 31.5 Å². The van der Waals surface area contributed by atoms with E-state index in [2.05, 4.69) is 6.58 Å². The van der Waals surface area contributed by atoms with Gasteiger partial charge in [0.15, 0.2) is 0 Å². The standard InChI is InChI=1S/C17H14O3S.Mg.2H/c1-12(2)20-21(18,19)17-9-5-8-15-10-13-6-3-4-7-14(13)11-16(15)17;;;/h3-11H,1H2,2H3;;;/q;+2;2*-1. The SMILES string of the molecule is C=C(C)OS(=O)(=O)c1cccc2cc3ccccc3cc12.[H-].[H-].[Mg+2]. The topological polar surface area (TPSA) is 43.4 Å². The molecular formula is C17H16MgO3S. The molecule has 0 saturated heterocycles. The summed E-state index contributed by atoms with van der Waals surface area (Å²) in [5.74, 6) is 0.146. The fourth-order valence-electron chi connectivity index (χ4n) is 2.39. The molecule has 0 atom stereocenters. The zero-order valence-electron chi connectivity index (χ0n) is 14.2. The van der Waals surface area contributed by atoms with Crippen molar-refractivity contribution in [1.29, 1.82) is 0 Å². The molecule has 3 aromatic rings. The third kappa shape index (κ3) is 3.11. The Balaban J connectivity index is 0.00000176. The monoisotopic (exact) mass is 324 g/mol. The molecule has 22 heavy (non-hydrogen) atoms. The van der Waals surface area contributed by atoms with Gasteiger partial charge in [0.25, 0.3) is 0 Å². The van der Waals surface area contributed by atoms with Gasteiger partial charge in [-0.3, -0.25) is 0 Å². The second kappa shape index (κ2) is 6.28. The van der Waals surface area contributed by atoms with Gasteiger partial charge in [-0.15, -0.1) is 0 Å². The van der Waals surface area contributed by atoms with Gasteiger partial charge in [-0.2, -0.15) is 8.42 Å². The van der Waals surface area contributed by atoms with E-state index in [1.165, 1.54) is 6.92 Å². The van der Waals surface area contributed by atoms with Gasteiger partial charge < -0.3 is 7.04 Å². The number of fused-ring (bicyclic) bond motifs is 2. The molecule has 0 aromatic heterocycles. The normalized spacial score (nSPS) is 11.1. The molecule has 0 bridgehead atoms. The maximum atomic E-state index is 12.3. The summed E-state index contributed by atoms with van der Waals surface area (Å²) in [5.41, 5.74) is 0. The molecule has 3 nitrogen and oxygen atoms in total. The van der Waals surface area contributed by atoms with E-state index < -0.39 is 10.1 Å². The van der Waals surface area contributed by atoms with Gasteiger partial charge in [0, 0.05) is 5.39 Å². The van der Waals surface area contributed by atoms with Gasteiger partial charge in [0.1, 0.15) is 10.7 Å². The molecule has 3 aromatic carbocycles. The molecule has 0 aliphatic heterocycles. The molecular weight excluding hydrogens is 309 g/mol. The second-order valence-electron chi connectivity index (χ2n) is 4.92. The molecule has 0 unspecified atom stereocenters. The van der Waals surface area contributed by atoms with Crippen molar-refractivity contribution >= 4 is 54.7 Å². The molecule has 0 heterocycles. The summed E-state index contributed by atoms with van der Waals surface area (Å²) in [4.78, 5) is 0.161. The first kappa shape index (κ1) is 16.8. The summed E-state index contributed by atoms with van der Waals surface area (Å²) in [6, 6.07) is 16.8. The van der Waals surface area contributed by atoms with Crippen LogP contribution < -0.4 is 0 Å². The van der Waals surface area contributed by atoms with Crippen LogP contribution in [0.25, 0.3) is 21.5 Å². The van der Waals surface area contributed by atoms with Gasteiger partial charge in [0.2, 0.25) is 0 Å². The van der Waals surface area contributed by atoms with E-state index in [1.807, 2.05) is 42.5 Å². The first-order chi connectivity index (χ1) is 9.97. The Kier molecular flexibility index (Phi) is 4.80. The van der Waals surface area contributed by atoms with Crippen molar-refractivity contribution in [3.8, 4) is 0 Å². The summed E-state index contributed by atoms with van der Waals surface area (Å²) >= 11 is 0. The van der Waals surface area contributed by atoms with Crippen LogP contribution in [-0.2, 0) is 14.3 Å². The van der Waals surface area contributed by atoms with Crippen molar-refractivity contribution in [2.24, 2.45) is 0 Å². The van der Waals surface area contributed by atoms with E-state index in [1.54, 1.807) is 12.1 Å². The fourth-order valence-corrected chi connectivity index (χ4v) is 3.54. The van der Waals surface area contributed by atoms with Crippen LogP contribution >= 0.6 is 0 Å². The molecule has 0 N–H and O–H groups in total. The molecule has 0 saturated carbocycles. The smallest absolute Gasteiger partial charge is 1.00 e. The van der Waals surface area contributed by atoms with Crippen LogP contribution in [0, 0.1) is 0 Å². The van der Waals surface area contributed by atoms with E-state index in [9.17, 15) is 8.42 Å². The van der Waals surface area contributed by atoms with E-state index in [0.717, 1.165) is 16.2 Å². The summed E-state index contributed by atoms with van der Waals surface area (Å²) in [6.07, 6.45) is 0. The van der Waals surface area contributed by atoms with E-state index in [-0.39, 0.29) is 36.6 Å². The Morgan fingerprint density at radius 1 is 1.00 bits per heavy atom. The van der Waals surface area contributed by atoms with E-state index >= 15 is 0 Å². The molecule has 110 valence electrons. The summed E-state index contributed by atoms with van der Waals surface area (Å²) in [6.45, 7) is 5.01. The Bertz CT molecular complexity index is 972. The molecule has 3 rings (SSSR count). The molecule has 0 amide bonds. The van der Waals surface area contributed by atoms with Gasteiger partial charge in [0.05, 0.1) is 0 Å². The van der Waals surface area contributed by atoms with Crippen LogP contribution in [0.5, 0.6) is 0 Å². The third-order valence-corrected chi connectivity index (χ3v) is 4.63. The van der Waals surface area contributed by atoms with Gasteiger partial charge in [-0.25, -0.2) is 0 Å². The minimum Gasteiger partial charge on any atom is -1.00 e. The quantitative estimate of drug-likeness (QED) is 0.315. The van der Waals surface area contributed by atoms with Gasteiger partial charge in [-0.1, -0.05) is 43.0 Å². The first-order valence-corrected chi connectivity index (χ1v) is 7.90. The van der Waals surface area contributed by atoms with Crippen molar-refractivity contribution in [3.05, 3.63) is 66.9 Å². The maximum Gasteiger partial charge on any atom is 2.00 e. The minimum atomic E-state index is -3.85. The third-order valence-electron chi connectivity index (χ3n) is 3.23. The van der Waals surface area contributed by atoms with Gasteiger partial charge >= 0.3 is 33.2 Å². The van der Waals surface area contributed by atoms with E-state index in [4.69, 9.17) is 4.18 Å². The average molecular weight is 325 g/mol. The predicted octanol–water partition coefficient (Wildman–Crippen LogP) is 4.08. The largest absolute Gasteiger partial charge is 2.00 e. The van der Waals surface area contributed by atoms with E-state index in [0.29, 0.717) is 5.39 Å². The van der Waals surface area contributed by atoms with Crippen LogP contribution in [0.3, 0.4) is 0 Å². The van der Waals surface area contributed by atoms with Crippen molar-refractivity contribution in [2.45, 2.75) is 11.8 Å². The Hall–Kier alpha value is -1.56. The number of hydrogen-bond donors (Lipinski definition) is 0. The number of allylic oxidation sites excluding steroid dienone is 1. The number of hydrogen-bond acceptors (Lipinski definition) is 3. The second-order valence-corrected chi connectivity index (χ2v) is 6.43. The molecule has 5 heteroatoms. The Morgan fingerprint density at radius 2 is 1.59 bits per heavy atom. The Morgan fingerprint density at radius 3 is 2.23 bits per heavy atom.